The molecular formula is C15H20FNO3S. The lowest BCUT2D eigenvalue weighted by atomic mass is 10.0. The SMILES string of the molecule is COC(=O)[C@H](CC(C)C)NC(=O)CSc1ccc(F)cc1. The average molecular weight is 313 g/mol. The van der Waals surface area contributed by atoms with Crippen LogP contribution in [-0.2, 0) is 14.3 Å². The summed E-state index contributed by atoms with van der Waals surface area (Å²) in [7, 11) is 1.30. The van der Waals surface area contributed by atoms with E-state index in [1.165, 1.54) is 31.0 Å². The van der Waals surface area contributed by atoms with Crippen LogP contribution >= 0.6 is 11.8 Å². The summed E-state index contributed by atoms with van der Waals surface area (Å²) < 4.78 is 17.5. The Balaban J connectivity index is 2.49. The van der Waals surface area contributed by atoms with Gasteiger partial charge in [0.05, 0.1) is 12.9 Å². The van der Waals surface area contributed by atoms with Crippen molar-refractivity contribution in [2.75, 3.05) is 12.9 Å². The smallest absolute Gasteiger partial charge is 0.328 e. The Morgan fingerprint density at radius 2 is 1.90 bits per heavy atom. The molecule has 1 N–H and O–H groups in total. The maximum atomic E-state index is 12.8. The molecule has 0 spiro atoms. The number of esters is 1. The number of carbonyl (C=O) groups is 2. The van der Waals surface area contributed by atoms with E-state index in [4.69, 9.17) is 0 Å². The molecule has 0 heterocycles. The number of amides is 1. The van der Waals surface area contributed by atoms with Gasteiger partial charge in [0.1, 0.15) is 11.9 Å². The number of benzene rings is 1. The Morgan fingerprint density at radius 1 is 1.29 bits per heavy atom. The van der Waals surface area contributed by atoms with E-state index in [1.807, 2.05) is 13.8 Å². The molecule has 0 aliphatic rings. The molecule has 21 heavy (non-hydrogen) atoms. The monoisotopic (exact) mass is 313 g/mol. The lowest BCUT2D eigenvalue weighted by molar-refractivity contribution is -0.145. The first-order chi connectivity index (χ1) is 9.92. The fourth-order valence-corrected chi connectivity index (χ4v) is 2.45. The van der Waals surface area contributed by atoms with Crippen LogP contribution in [0.15, 0.2) is 29.2 Å². The van der Waals surface area contributed by atoms with Gasteiger partial charge in [-0.25, -0.2) is 9.18 Å². The summed E-state index contributed by atoms with van der Waals surface area (Å²) in [5.74, 6) is -0.577. The molecule has 1 atom stereocenters. The molecule has 0 aromatic heterocycles. The second kappa shape index (κ2) is 8.67. The van der Waals surface area contributed by atoms with Gasteiger partial charge in [-0.2, -0.15) is 0 Å². The largest absolute Gasteiger partial charge is 0.467 e. The molecule has 1 rings (SSSR count). The quantitative estimate of drug-likeness (QED) is 0.621. The molecule has 0 bridgehead atoms. The van der Waals surface area contributed by atoms with Crippen molar-refractivity contribution in [1.82, 2.24) is 5.32 Å². The predicted octanol–water partition coefficient (Wildman–Crippen LogP) is 2.62. The number of methoxy groups -OCH3 is 1. The molecule has 1 aromatic rings. The Kier molecular flexibility index (Phi) is 7.22. The number of thioether (sulfide) groups is 1. The van der Waals surface area contributed by atoms with Gasteiger partial charge in [-0.05, 0) is 36.6 Å². The van der Waals surface area contributed by atoms with Gasteiger partial charge in [0.25, 0.3) is 0 Å². The van der Waals surface area contributed by atoms with E-state index in [-0.39, 0.29) is 23.4 Å². The molecule has 0 saturated carbocycles. The zero-order valence-corrected chi connectivity index (χ0v) is 13.2. The normalized spacial score (nSPS) is 12.0. The van der Waals surface area contributed by atoms with Crippen molar-refractivity contribution < 1.29 is 18.7 Å². The van der Waals surface area contributed by atoms with Crippen molar-refractivity contribution in [1.29, 1.82) is 0 Å². The second-order valence-electron chi connectivity index (χ2n) is 5.02. The van der Waals surface area contributed by atoms with Gasteiger partial charge in [0, 0.05) is 4.90 Å². The van der Waals surface area contributed by atoms with E-state index in [2.05, 4.69) is 10.1 Å². The van der Waals surface area contributed by atoms with Gasteiger partial charge in [0.2, 0.25) is 5.91 Å². The molecule has 6 heteroatoms. The number of nitrogens with one attached hydrogen (secondary N) is 1. The van der Waals surface area contributed by atoms with Gasteiger partial charge >= 0.3 is 5.97 Å². The molecule has 0 radical (unpaired) electrons. The third kappa shape index (κ3) is 6.62. The van der Waals surface area contributed by atoms with Crippen LogP contribution in [0.2, 0.25) is 0 Å². The summed E-state index contributed by atoms with van der Waals surface area (Å²) >= 11 is 1.29. The zero-order chi connectivity index (χ0) is 15.8. The minimum Gasteiger partial charge on any atom is -0.467 e. The fourth-order valence-electron chi connectivity index (χ4n) is 1.74. The van der Waals surface area contributed by atoms with Crippen LogP contribution in [0.1, 0.15) is 20.3 Å². The maximum Gasteiger partial charge on any atom is 0.328 e. The number of carbonyl (C=O) groups excluding carboxylic acids is 2. The summed E-state index contributed by atoms with van der Waals surface area (Å²) in [5.41, 5.74) is 0. The van der Waals surface area contributed by atoms with E-state index in [0.717, 1.165) is 4.90 Å². The highest BCUT2D eigenvalue weighted by Gasteiger charge is 2.22. The highest BCUT2D eigenvalue weighted by molar-refractivity contribution is 8.00. The van der Waals surface area contributed by atoms with Crippen molar-refractivity contribution in [3.05, 3.63) is 30.1 Å². The van der Waals surface area contributed by atoms with E-state index in [0.29, 0.717) is 6.42 Å². The molecule has 1 amide bonds. The van der Waals surface area contributed by atoms with E-state index in [1.54, 1.807) is 12.1 Å². The van der Waals surface area contributed by atoms with Crippen LogP contribution < -0.4 is 5.32 Å². The minimum absolute atomic E-state index is 0.164. The molecule has 0 fully saturated rings. The third-order valence-electron chi connectivity index (χ3n) is 2.71. The molecule has 4 nitrogen and oxygen atoms in total. The Bertz CT molecular complexity index is 476. The first kappa shape index (κ1) is 17.5. The van der Waals surface area contributed by atoms with Gasteiger partial charge < -0.3 is 10.1 Å². The molecule has 116 valence electrons. The summed E-state index contributed by atoms with van der Waals surface area (Å²) in [5, 5.41) is 2.67. The van der Waals surface area contributed by atoms with Crippen LogP contribution in [-0.4, -0.2) is 30.8 Å². The highest BCUT2D eigenvalue weighted by Crippen LogP contribution is 2.18. The molecule has 0 saturated heterocycles. The molecule has 0 unspecified atom stereocenters. The zero-order valence-electron chi connectivity index (χ0n) is 12.4. The topological polar surface area (TPSA) is 55.4 Å². The Hall–Kier alpha value is -1.56. The van der Waals surface area contributed by atoms with Crippen molar-refractivity contribution in [3.63, 3.8) is 0 Å². The van der Waals surface area contributed by atoms with Gasteiger partial charge in [-0.15, -0.1) is 11.8 Å². The van der Waals surface area contributed by atoms with E-state index in [9.17, 15) is 14.0 Å². The molecule has 0 aliphatic heterocycles. The fraction of sp³-hybridized carbons (Fsp3) is 0.467. The molecule has 0 aliphatic carbocycles. The second-order valence-corrected chi connectivity index (χ2v) is 6.06. The number of halogens is 1. The number of ether oxygens (including phenoxy) is 1. The van der Waals surface area contributed by atoms with Crippen molar-refractivity contribution in [3.8, 4) is 0 Å². The van der Waals surface area contributed by atoms with Crippen molar-refractivity contribution >= 4 is 23.6 Å². The van der Waals surface area contributed by atoms with E-state index >= 15 is 0 Å². The number of hydrogen-bond acceptors (Lipinski definition) is 4. The van der Waals surface area contributed by atoms with Crippen molar-refractivity contribution in [2.45, 2.75) is 31.2 Å². The lowest BCUT2D eigenvalue weighted by Crippen LogP contribution is -2.43. The first-order valence-electron chi connectivity index (χ1n) is 6.68. The maximum absolute atomic E-state index is 12.8. The van der Waals surface area contributed by atoms with Gasteiger partial charge in [-0.3, -0.25) is 4.79 Å². The van der Waals surface area contributed by atoms with Crippen LogP contribution in [0.5, 0.6) is 0 Å². The van der Waals surface area contributed by atoms with Gasteiger partial charge in [-0.1, -0.05) is 13.8 Å². The minimum atomic E-state index is -0.628. The Morgan fingerprint density at radius 3 is 2.43 bits per heavy atom. The molecular weight excluding hydrogens is 293 g/mol. The average Bonchev–Trinajstić information content (AvgIpc) is 2.44. The summed E-state index contributed by atoms with van der Waals surface area (Å²) in [6.07, 6.45) is 0.527. The standard InChI is InChI=1S/C15H20FNO3S/c1-10(2)8-13(15(19)20-3)17-14(18)9-21-12-6-4-11(16)5-7-12/h4-7,10,13H,8-9H2,1-3H3,(H,17,18)/t13-/m0/s1. The van der Waals surface area contributed by atoms with Gasteiger partial charge in [0.15, 0.2) is 0 Å². The van der Waals surface area contributed by atoms with Crippen molar-refractivity contribution in [2.24, 2.45) is 5.92 Å². The lowest BCUT2D eigenvalue weighted by Gasteiger charge is -2.18. The van der Waals surface area contributed by atoms with Crippen LogP contribution in [0.25, 0.3) is 0 Å². The number of hydrogen-bond donors (Lipinski definition) is 1. The summed E-state index contributed by atoms with van der Waals surface area (Å²) in [6, 6.07) is 5.28. The highest BCUT2D eigenvalue weighted by atomic mass is 32.2. The predicted molar refractivity (Wildman–Crippen MR) is 80.5 cm³/mol. The van der Waals surface area contributed by atoms with Crippen LogP contribution in [0.4, 0.5) is 4.39 Å². The summed E-state index contributed by atoms with van der Waals surface area (Å²) in [6.45, 7) is 3.94. The summed E-state index contributed by atoms with van der Waals surface area (Å²) in [4.78, 5) is 24.3. The molecule has 1 aromatic carbocycles. The first-order valence-corrected chi connectivity index (χ1v) is 7.66. The van der Waals surface area contributed by atoms with Crippen LogP contribution in [0, 0.1) is 11.7 Å². The van der Waals surface area contributed by atoms with Crippen LogP contribution in [0.3, 0.4) is 0 Å². The van der Waals surface area contributed by atoms with E-state index < -0.39 is 12.0 Å². The number of rotatable bonds is 7. The Labute approximate surface area is 128 Å². The third-order valence-corrected chi connectivity index (χ3v) is 3.72.